The highest BCUT2D eigenvalue weighted by Gasteiger charge is 2.31. The van der Waals surface area contributed by atoms with E-state index in [9.17, 15) is 4.79 Å². The third-order valence-electron chi connectivity index (χ3n) is 4.35. The van der Waals surface area contributed by atoms with Gasteiger partial charge in [0.05, 0.1) is 12.6 Å². The third-order valence-corrected chi connectivity index (χ3v) is 6.28. The Bertz CT molecular complexity index is 635. The van der Waals surface area contributed by atoms with E-state index in [4.69, 9.17) is 0 Å². The molecule has 0 unspecified atom stereocenters. The van der Waals surface area contributed by atoms with Gasteiger partial charge in [-0.1, -0.05) is 19.4 Å². The minimum Gasteiger partial charge on any atom is -0.353 e. The van der Waals surface area contributed by atoms with Crippen LogP contribution in [0.3, 0.4) is 0 Å². The van der Waals surface area contributed by atoms with E-state index in [1.165, 1.54) is 15.3 Å². The molecule has 2 aromatic heterocycles. The summed E-state index contributed by atoms with van der Waals surface area (Å²) >= 11 is 3.62. The van der Waals surface area contributed by atoms with Crippen molar-refractivity contribution < 1.29 is 4.79 Å². The van der Waals surface area contributed by atoms with Crippen molar-refractivity contribution in [3.63, 3.8) is 0 Å². The second-order valence-corrected chi connectivity index (χ2v) is 8.17. The van der Waals surface area contributed by atoms with Gasteiger partial charge in [0.25, 0.3) is 0 Å². The Morgan fingerprint density at radius 2 is 2.26 bits per heavy atom. The Morgan fingerprint density at radius 3 is 3.00 bits per heavy atom. The van der Waals surface area contributed by atoms with Crippen molar-refractivity contribution in [2.75, 3.05) is 13.1 Å². The highest BCUT2D eigenvalue weighted by molar-refractivity contribution is 7.10. The van der Waals surface area contributed by atoms with Gasteiger partial charge in [-0.25, -0.2) is 0 Å². The van der Waals surface area contributed by atoms with E-state index in [-0.39, 0.29) is 18.0 Å². The predicted molar refractivity (Wildman–Crippen MR) is 98.3 cm³/mol. The lowest BCUT2D eigenvalue weighted by Gasteiger charge is -2.35. The van der Waals surface area contributed by atoms with Crippen molar-refractivity contribution in [1.82, 2.24) is 10.2 Å². The molecule has 0 saturated heterocycles. The largest absolute Gasteiger partial charge is 0.353 e. The first-order valence-electron chi connectivity index (χ1n) is 8.32. The molecular weight excluding hydrogens is 324 g/mol. The molecule has 1 aliphatic heterocycles. The summed E-state index contributed by atoms with van der Waals surface area (Å²) in [4.78, 5) is 17.5. The molecule has 0 fully saturated rings. The molecule has 5 heteroatoms. The Balaban J connectivity index is 1.75. The third kappa shape index (κ3) is 3.84. The van der Waals surface area contributed by atoms with Gasteiger partial charge < -0.3 is 5.32 Å². The average molecular weight is 349 g/mol. The summed E-state index contributed by atoms with van der Waals surface area (Å²) in [5.74, 6) is 0.145. The van der Waals surface area contributed by atoms with E-state index in [0.717, 1.165) is 25.8 Å². The van der Waals surface area contributed by atoms with Crippen LogP contribution in [-0.2, 0) is 11.2 Å². The molecule has 0 aromatic carbocycles. The fraction of sp³-hybridized carbons (Fsp3) is 0.500. The van der Waals surface area contributed by atoms with Crippen molar-refractivity contribution >= 4 is 28.6 Å². The summed E-state index contributed by atoms with van der Waals surface area (Å²) in [6.07, 6.45) is 3.18. The summed E-state index contributed by atoms with van der Waals surface area (Å²) < 4.78 is 0. The van der Waals surface area contributed by atoms with Crippen LogP contribution in [0.2, 0.25) is 0 Å². The van der Waals surface area contributed by atoms with E-state index >= 15 is 0 Å². The standard InChI is InChI=1S/C18H24N2OS2/c1-3-5-13(2)19-17(21)12-20-9-7-15-14(8-11-23-15)18(20)16-6-4-10-22-16/h4,6,8,10-11,13,18H,3,5,7,9,12H2,1-2H3,(H,19,21)/t13-,18+/m0/s1. The first kappa shape index (κ1) is 16.7. The molecule has 0 aliphatic carbocycles. The number of fused-ring (bicyclic) bond motifs is 1. The molecule has 0 saturated carbocycles. The molecule has 0 radical (unpaired) electrons. The monoisotopic (exact) mass is 348 g/mol. The molecule has 2 aromatic rings. The van der Waals surface area contributed by atoms with Gasteiger partial charge in [-0.05, 0) is 48.2 Å². The number of thiophene rings is 2. The van der Waals surface area contributed by atoms with Crippen molar-refractivity contribution in [1.29, 1.82) is 0 Å². The van der Waals surface area contributed by atoms with E-state index in [1.807, 2.05) is 11.3 Å². The molecule has 1 aliphatic rings. The topological polar surface area (TPSA) is 32.3 Å². The zero-order valence-corrected chi connectivity index (χ0v) is 15.4. The van der Waals surface area contributed by atoms with Gasteiger partial charge in [-0.2, -0.15) is 0 Å². The van der Waals surface area contributed by atoms with E-state index in [1.54, 1.807) is 11.3 Å². The van der Waals surface area contributed by atoms with Crippen LogP contribution in [0.25, 0.3) is 0 Å². The Kier molecular flexibility index (Phi) is 5.51. The summed E-state index contributed by atoms with van der Waals surface area (Å²) in [6.45, 7) is 5.67. The number of amides is 1. The lowest BCUT2D eigenvalue weighted by Crippen LogP contribution is -2.44. The van der Waals surface area contributed by atoms with E-state index in [0.29, 0.717) is 6.54 Å². The highest BCUT2D eigenvalue weighted by atomic mass is 32.1. The van der Waals surface area contributed by atoms with Gasteiger partial charge in [0, 0.05) is 22.3 Å². The molecule has 0 spiro atoms. The van der Waals surface area contributed by atoms with Crippen molar-refractivity contribution in [2.45, 2.75) is 45.2 Å². The predicted octanol–water partition coefficient (Wildman–Crippen LogP) is 4.06. The Labute approximate surface area is 146 Å². The van der Waals surface area contributed by atoms with E-state index < -0.39 is 0 Å². The van der Waals surface area contributed by atoms with Crippen molar-refractivity contribution in [3.8, 4) is 0 Å². The zero-order chi connectivity index (χ0) is 16.2. The molecule has 2 atom stereocenters. The maximum atomic E-state index is 12.4. The number of rotatable bonds is 6. The number of carbonyl (C=O) groups is 1. The highest BCUT2D eigenvalue weighted by Crippen LogP contribution is 2.39. The number of carbonyl (C=O) groups excluding carboxylic acids is 1. The second kappa shape index (κ2) is 7.60. The zero-order valence-electron chi connectivity index (χ0n) is 13.7. The molecule has 3 rings (SSSR count). The van der Waals surface area contributed by atoms with Crippen LogP contribution >= 0.6 is 22.7 Å². The van der Waals surface area contributed by atoms with Crippen LogP contribution < -0.4 is 5.32 Å². The van der Waals surface area contributed by atoms with Crippen molar-refractivity contribution in [2.24, 2.45) is 0 Å². The fourth-order valence-corrected chi connectivity index (χ4v) is 5.11. The Hall–Kier alpha value is -1.17. The first-order chi connectivity index (χ1) is 11.2. The number of hydrogen-bond acceptors (Lipinski definition) is 4. The second-order valence-electron chi connectivity index (χ2n) is 6.19. The summed E-state index contributed by atoms with van der Waals surface area (Å²) in [6, 6.07) is 7.01. The van der Waals surface area contributed by atoms with Crippen LogP contribution in [0.15, 0.2) is 29.0 Å². The minimum absolute atomic E-state index is 0.145. The smallest absolute Gasteiger partial charge is 0.234 e. The van der Waals surface area contributed by atoms with Crippen LogP contribution in [-0.4, -0.2) is 29.9 Å². The van der Waals surface area contributed by atoms with Crippen LogP contribution in [0.5, 0.6) is 0 Å². The van der Waals surface area contributed by atoms with Gasteiger partial charge >= 0.3 is 0 Å². The van der Waals surface area contributed by atoms with Gasteiger partial charge in [-0.3, -0.25) is 9.69 Å². The number of nitrogens with one attached hydrogen (secondary N) is 1. The first-order valence-corrected chi connectivity index (χ1v) is 10.1. The van der Waals surface area contributed by atoms with Crippen molar-refractivity contribution in [3.05, 3.63) is 44.3 Å². The van der Waals surface area contributed by atoms with Crippen LogP contribution in [0, 0.1) is 0 Å². The Morgan fingerprint density at radius 1 is 1.39 bits per heavy atom. The maximum Gasteiger partial charge on any atom is 0.234 e. The fourth-order valence-electron chi connectivity index (χ4n) is 3.33. The molecular formula is C18H24N2OS2. The number of nitrogens with zero attached hydrogens (tertiary/aromatic N) is 1. The average Bonchev–Trinajstić information content (AvgIpc) is 3.18. The quantitative estimate of drug-likeness (QED) is 0.854. The van der Waals surface area contributed by atoms with E-state index in [2.05, 4.69) is 53.0 Å². The summed E-state index contributed by atoms with van der Waals surface area (Å²) in [5.41, 5.74) is 1.39. The van der Waals surface area contributed by atoms with Gasteiger partial charge in [0.1, 0.15) is 0 Å². The maximum absolute atomic E-state index is 12.4. The lowest BCUT2D eigenvalue weighted by atomic mass is 9.98. The van der Waals surface area contributed by atoms with Gasteiger partial charge in [0.15, 0.2) is 0 Å². The van der Waals surface area contributed by atoms with Gasteiger partial charge in [0.2, 0.25) is 5.91 Å². The molecule has 3 heterocycles. The normalized spacial score (nSPS) is 19.3. The van der Waals surface area contributed by atoms with Crippen LogP contribution in [0.1, 0.15) is 48.0 Å². The minimum atomic E-state index is 0.145. The molecule has 0 bridgehead atoms. The molecule has 3 nitrogen and oxygen atoms in total. The summed E-state index contributed by atoms with van der Waals surface area (Å²) in [7, 11) is 0. The molecule has 1 N–H and O–H groups in total. The van der Waals surface area contributed by atoms with Crippen LogP contribution in [0.4, 0.5) is 0 Å². The van der Waals surface area contributed by atoms with Gasteiger partial charge in [-0.15, -0.1) is 22.7 Å². The number of hydrogen-bond donors (Lipinski definition) is 1. The molecule has 1 amide bonds. The lowest BCUT2D eigenvalue weighted by molar-refractivity contribution is -0.123. The summed E-state index contributed by atoms with van der Waals surface area (Å²) in [5, 5.41) is 7.44. The SMILES string of the molecule is CCC[C@H](C)NC(=O)CN1CCc2sccc2[C@@H]1c1cccs1. The molecule has 23 heavy (non-hydrogen) atoms. The molecule has 124 valence electrons.